The Balaban J connectivity index is 1.39. The second-order valence-corrected chi connectivity index (χ2v) is 9.14. The summed E-state index contributed by atoms with van der Waals surface area (Å²) in [6, 6.07) is 14.2. The Bertz CT molecular complexity index is 1100. The topological polar surface area (TPSA) is 84.9 Å². The largest absolute Gasteiger partial charge is 0.497 e. The predicted molar refractivity (Wildman–Crippen MR) is 143 cm³/mol. The van der Waals surface area contributed by atoms with Crippen molar-refractivity contribution >= 4 is 57.8 Å². The predicted octanol–water partition coefficient (Wildman–Crippen LogP) is 5.91. The van der Waals surface area contributed by atoms with E-state index < -0.39 is 0 Å². The molecule has 2 aromatic rings. The van der Waals surface area contributed by atoms with Crippen molar-refractivity contribution in [3.05, 3.63) is 64.6 Å². The molecule has 0 bridgehead atoms. The van der Waals surface area contributed by atoms with Crippen molar-refractivity contribution in [3.8, 4) is 5.75 Å². The molecule has 0 aromatic heterocycles. The van der Waals surface area contributed by atoms with Gasteiger partial charge in [-0.1, -0.05) is 30.8 Å². The zero-order valence-electron chi connectivity index (χ0n) is 19.7. The SMILES string of the molecule is CCOC(=O)c1ccc(NC(=O)CCCCCN2C(=O)SC(=Cc3ccc(OC)cc3)C2=S)cc1. The summed E-state index contributed by atoms with van der Waals surface area (Å²) >= 11 is 6.66. The molecule has 1 heterocycles. The fraction of sp³-hybridized carbons (Fsp3) is 0.308. The van der Waals surface area contributed by atoms with Crippen molar-refractivity contribution in [2.24, 2.45) is 0 Å². The molecule has 1 aliphatic rings. The maximum absolute atomic E-state index is 12.4. The molecule has 35 heavy (non-hydrogen) atoms. The number of carbonyl (C=O) groups is 3. The lowest BCUT2D eigenvalue weighted by atomic mass is 10.1. The number of methoxy groups -OCH3 is 1. The molecular formula is C26H28N2O5S2. The van der Waals surface area contributed by atoms with Crippen LogP contribution in [-0.4, -0.2) is 47.3 Å². The molecule has 0 spiro atoms. The molecule has 0 atom stereocenters. The molecule has 1 N–H and O–H groups in total. The number of thiocarbonyl (C=S) groups is 1. The van der Waals surface area contributed by atoms with Gasteiger partial charge in [0.1, 0.15) is 10.7 Å². The molecule has 0 unspecified atom stereocenters. The standard InChI is InChI=1S/C26H28N2O5S2/c1-3-33-25(30)19-10-12-20(13-11-19)27-23(29)7-5-4-6-16-28-24(34)22(35-26(28)31)17-18-8-14-21(32-2)15-9-18/h8-15,17H,3-7,16H2,1-2H3,(H,27,29). The Morgan fingerprint density at radius 2 is 1.77 bits per heavy atom. The van der Waals surface area contributed by atoms with E-state index in [1.54, 1.807) is 43.2 Å². The number of rotatable bonds is 11. The molecule has 0 aliphatic carbocycles. The summed E-state index contributed by atoms with van der Waals surface area (Å²) in [5.74, 6) is 0.289. The molecule has 1 fully saturated rings. The van der Waals surface area contributed by atoms with Crippen molar-refractivity contribution in [2.45, 2.75) is 32.6 Å². The summed E-state index contributed by atoms with van der Waals surface area (Å²) in [5, 5.41) is 2.76. The van der Waals surface area contributed by atoms with E-state index in [1.165, 1.54) is 0 Å². The molecule has 9 heteroatoms. The fourth-order valence-corrected chi connectivity index (χ4v) is 4.69. The van der Waals surface area contributed by atoms with Crippen LogP contribution in [0.1, 0.15) is 48.5 Å². The van der Waals surface area contributed by atoms with Crippen molar-refractivity contribution in [1.82, 2.24) is 4.90 Å². The zero-order valence-corrected chi connectivity index (χ0v) is 21.4. The third-order valence-corrected chi connectivity index (χ3v) is 6.75. The van der Waals surface area contributed by atoms with Crippen LogP contribution in [0.5, 0.6) is 5.75 Å². The number of unbranched alkanes of at least 4 members (excludes halogenated alkanes) is 2. The Hall–Kier alpha value is -3.17. The van der Waals surface area contributed by atoms with Crippen LogP contribution >= 0.6 is 24.0 Å². The van der Waals surface area contributed by atoms with Gasteiger partial charge in [0.15, 0.2) is 0 Å². The first-order chi connectivity index (χ1) is 16.9. The second-order valence-electron chi connectivity index (χ2n) is 7.76. The number of carbonyl (C=O) groups excluding carboxylic acids is 3. The number of anilines is 1. The number of hydrogen-bond donors (Lipinski definition) is 1. The Labute approximate surface area is 214 Å². The number of nitrogens with one attached hydrogen (secondary N) is 1. The van der Waals surface area contributed by atoms with Gasteiger partial charge in [-0.25, -0.2) is 4.79 Å². The first-order valence-corrected chi connectivity index (χ1v) is 12.6. The van der Waals surface area contributed by atoms with Gasteiger partial charge in [0.05, 0.1) is 24.2 Å². The smallest absolute Gasteiger partial charge is 0.338 e. The molecule has 1 aliphatic heterocycles. The van der Waals surface area contributed by atoms with Crippen molar-refractivity contribution in [2.75, 3.05) is 25.6 Å². The molecule has 1 saturated heterocycles. The molecule has 2 aromatic carbocycles. The molecule has 0 saturated carbocycles. The van der Waals surface area contributed by atoms with Crippen LogP contribution in [-0.2, 0) is 9.53 Å². The summed E-state index contributed by atoms with van der Waals surface area (Å²) in [4.78, 5) is 39.2. The minimum absolute atomic E-state index is 0.0706. The summed E-state index contributed by atoms with van der Waals surface area (Å²) in [5.41, 5.74) is 2.02. The van der Waals surface area contributed by atoms with Crippen molar-refractivity contribution in [1.29, 1.82) is 0 Å². The maximum atomic E-state index is 12.4. The van der Waals surface area contributed by atoms with Crippen LogP contribution in [0.2, 0.25) is 0 Å². The highest BCUT2D eigenvalue weighted by atomic mass is 32.2. The maximum Gasteiger partial charge on any atom is 0.338 e. The zero-order chi connectivity index (χ0) is 25.2. The highest BCUT2D eigenvalue weighted by Crippen LogP contribution is 2.33. The average Bonchev–Trinajstić information content (AvgIpc) is 3.12. The quantitative estimate of drug-likeness (QED) is 0.173. The van der Waals surface area contributed by atoms with Crippen LogP contribution in [0.3, 0.4) is 0 Å². The highest BCUT2D eigenvalue weighted by molar-refractivity contribution is 8.19. The third-order valence-electron chi connectivity index (χ3n) is 5.25. The lowest BCUT2D eigenvalue weighted by molar-refractivity contribution is -0.116. The summed E-state index contributed by atoms with van der Waals surface area (Å²) in [6.45, 7) is 2.60. The first kappa shape index (κ1) is 26.4. The van der Waals surface area contributed by atoms with Crippen LogP contribution in [0.15, 0.2) is 53.4 Å². The lowest BCUT2D eigenvalue weighted by Gasteiger charge is -2.14. The summed E-state index contributed by atoms with van der Waals surface area (Å²) < 4.78 is 10.1. The van der Waals surface area contributed by atoms with Crippen LogP contribution < -0.4 is 10.1 Å². The summed E-state index contributed by atoms with van der Waals surface area (Å²) in [6.07, 6.45) is 4.53. The molecule has 2 amide bonds. The normalized spacial score (nSPS) is 14.3. The minimum atomic E-state index is -0.386. The Morgan fingerprint density at radius 1 is 1.06 bits per heavy atom. The lowest BCUT2D eigenvalue weighted by Crippen LogP contribution is -2.28. The van der Waals surface area contributed by atoms with E-state index >= 15 is 0 Å². The second kappa shape index (κ2) is 13.1. The van der Waals surface area contributed by atoms with Gasteiger partial charge >= 0.3 is 5.97 Å². The van der Waals surface area contributed by atoms with Crippen molar-refractivity contribution < 1.29 is 23.9 Å². The monoisotopic (exact) mass is 512 g/mol. The van der Waals surface area contributed by atoms with E-state index in [0.29, 0.717) is 42.2 Å². The van der Waals surface area contributed by atoms with E-state index in [1.807, 2.05) is 30.3 Å². The van der Waals surface area contributed by atoms with E-state index in [4.69, 9.17) is 21.7 Å². The highest BCUT2D eigenvalue weighted by Gasteiger charge is 2.31. The average molecular weight is 513 g/mol. The van der Waals surface area contributed by atoms with Crippen molar-refractivity contribution in [3.63, 3.8) is 0 Å². The first-order valence-electron chi connectivity index (χ1n) is 11.4. The van der Waals surface area contributed by atoms with E-state index in [9.17, 15) is 14.4 Å². The fourth-order valence-electron chi connectivity index (χ4n) is 3.40. The molecule has 184 valence electrons. The number of nitrogens with zero attached hydrogens (tertiary/aromatic N) is 1. The van der Waals surface area contributed by atoms with Gasteiger partial charge < -0.3 is 14.8 Å². The van der Waals surface area contributed by atoms with E-state index in [0.717, 1.165) is 40.8 Å². The summed E-state index contributed by atoms with van der Waals surface area (Å²) in [7, 11) is 1.62. The number of amides is 2. The molecular weight excluding hydrogens is 484 g/mol. The van der Waals surface area contributed by atoms with E-state index in [2.05, 4.69) is 5.32 Å². The Morgan fingerprint density at radius 3 is 2.43 bits per heavy atom. The number of esters is 1. The van der Waals surface area contributed by atoms with Gasteiger partial charge in [-0.15, -0.1) is 0 Å². The van der Waals surface area contributed by atoms with Gasteiger partial charge in [-0.05, 0) is 79.6 Å². The van der Waals surface area contributed by atoms with Gasteiger partial charge in [-0.2, -0.15) is 0 Å². The number of thioether (sulfide) groups is 1. The molecule has 3 rings (SSSR count). The van der Waals surface area contributed by atoms with Crippen LogP contribution in [0.4, 0.5) is 10.5 Å². The van der Waals surface area contributed by atoms with E-state index in [-0.39, 0.29) is 17.1 Å². The number of benzene rings is 2. The van der Waals surface area contributed by atoms with Crippen LogP contribution in [0, 0.1) is 0 Å². The van der Waals surface area contributed by atoms with Gasteiger partial charge in [0, 0.05) is 18.7 Å². The Kier molecular flexibility index (Phi) is 9.86. The number of hydrogen-bond acceptors (Lipinski definition) is 7. The van der Waals surface area contributed by atoms with Crippen LogP contribution in [0.25, 0.3) is 6.08 Å². The van der Waals surface area contributed by atoms with Gasteiger partial charge in [-0.3, -0.25) is 14.5 Å². The third kappa shape index (κ3) is 7.66. The number of ether oxygens (including phenoxy) is 2. The molecule has 7 nitrogen and oxygen atoms in total. The molecule has 0 radical (unpaired) electrons. The van der Waals surface area contributed by atoms with Gasteiger partial charge in [0.2, 0.25) is 5.91 Å². The minimum Gasteiger partial charge on any atom is -0.497 e. The van der Waals surface area contributed by atoms with Gasteiger partial charge in [0.25, 0.3) is 5.24 Å².